The number of rotatable bonds is 5. The van der Waals surface area contributed by atoms with Crippen LogP contribution < -0.4 is 11.1 Å². The Bertz CT molecular complexity index is 290. The minimum Gasteiger partial charge on any atom is -0.392 e. The molecule has 0 spiro atoms. The lowest BCUT2D eigenvalue weighted by Gasteiger charge is -2.28. The Morgan fingerprint density at radius 3 is 2.76 bits per heavy atom. The van der Waals surface area contributed by atoms with E-state index in [-0.39, 0.29) is 10.9 Å². The molecule has 98 valence electrons. The van der Waals surface area contributed by atoms with Crippen LogP contribution in [0.3, 0.4) is 0 Å². The molecule has 3 nitrogen and oxygen atoms in total. The Morgan fingerprint density at radius 1 is 1.59 bits per heavy atom. The fourth-order valence-electron chi connectivity index (χ4n) is 1.82. The van der Waals surface area contributed by atoms with Gasteiger partial charge in [0.05, 0.1) is 10.4 Å². The quantitative estimate of drug-likeness (QED) is 0.754. The molecule has 17 heavy (non-hydrogen) atoms. The molecule has 0 radical (unpaired) electrons. The minimum atomic E-state index is -0.700. The number of nitrogens with two attached hydrogens (primary N) is 1. The first-order chi connectivity index (χ1) is 8.00. The van der Waals surface area contributed by atoms with Gasteiger partial charge in [0.25, 0.3) is 0 Å². The number of thioether (sulfide) groups is 1. The Hall–Kier alpha value is -0.290. The highest BCUT2D eigenvalue weighted by molar-refractivity contribution is 7.99. The van der Waals surface area contributed by atoms with E-state index in [1.165, 1.54) is 25.0 Å². The molecule has 0 aromatic rings. The number of hydrogen-bond acceptors (Lipinski definition) is 3. The van der Waals surface area contributed by atoms with Crippen LogP contribution in [0.4, 0.5) is 0 Å². The molecule has 1 heterocycles. The molecule has 1 fully saturated rings. The number of nitrogens with one attached hydrogen (secondary N) is 1. The summed E-state index contributed by atoms with van der Waals surface area (Å²) in [5, 5.41) is 3.55. The SMILES string of the molecule is CCC(C)(C(=O)NCC1CCCCS1)C(N)=S. The van der Waals surface area contributed by atoms with Gasteiger partial charge in [0.1, 0.15) is 0 Å². The highest BCUT2D eigenvalue weighted by atomic mass is 32.2. The van der Waals surface area contributed by atoms with Crippen LogP contribution in [0.2, 0.25) is 0 Å². The van der Waals surface area contributed by atoms with Crippen LogP contribution in [-0.4, -0.2) is 28.4 Å². The molecular formula is C12H22N2OS2. The third-order valence-corrected chi connectivity index (χ3v) is 5.37. The van der Waals surface area contributed by atoms with E-state index >= 15 is 0 Å². The van der Waals surface area contributed by atoms with Crippen LogP contribution in [-0.2, 0) is 4.79 Å². The van der Waals surface area contributed by atoms with Gasteiger partial charge in [-0.2, -0.15) is 11.8 Å². The summed E-state index contributed by atoms with van der Waals surface area (Å²) in [6.45, 7) is 4.49. The molecule has 1 aliphatic rings. The lowest BCUT2D eigenvalue weighted by atomic mass is 9.86. The molecule has 0 aliphatic carbocycles. The largest absolute Gasteiger partial charge is 0.392 e. The van der Waals surface area contributed by atoms with Crippen molar-refractivity contribution in [3.05, 3.63) is 0 Å². The van der Waals surface area contributed by atoms with Crippen molar-refractivity contribution in [3.63, 3.8) is 0 Å². The van der Waals surface area contributed by atoms with Crippen molar-refractivity contribution in [1.29, 1.82) is 0 Å². The van der Waals surface area contributed by atoms with Crippen LogP contribution in [0.5, 0.6) is 0 Å². The predicted molar refractivity (Wildman–Crippen MR) is 78.3 cm³/mol. The molecule has 0 bridgehead atoms. The van der Waals surface area contributed by atoms with Gasteiger partial charge in [-0.15, -0.1) is 0 Å². The summed E-state index contributed by atoms with van der Waals surface area (Å²) in [5.74, 6) is 1.18. The maximum absolute atomic E-state index is 12.1. The van der Waals surface area contributed by atoms with Crippen LogP contribution in [0.1, 0.15) is 39.5 Å². The molecule has 1 rings (SSSR count). The van der Waals surface area contributed by atoms with Gasteiger partial charge < -0.3 is 11.1 Å². The number of thiocarbonyl (C=S) groups is 1. The summed E-state index contributed by atoms with van der Waals surface area (Å²) in [4.78, 5) is 12.4. The predicted octanol–water partition coefficient (Wildman–Crippen LogP) is 2.09. The van der Waals surface area contributed by atoms with Gasteiger partial charge in [0.15, 0.2) is 0 Å². The Balaban J connectivity index is 2.44. The lowest BCUT2D eigenvalue weighted by Crippen LogP contribution is -2.48. The van der Waals surface area contributed by atoms with Crippen molar-refractivity contribution >= 4 is 34.9 Å². The van der Waals surface area contributed by atoms with Crippen molar-refractivity contribution in [2.75, 3.05) is 12.3 Å². The van der Waals surface area contributed by atoms with Crippen molar-refractivity contribution in [3.8, 4) is 0 Å². The van der Waals surface area contributed by atoms with E-state index in [2.05, 4.69) is 5.32 Å². The Labute approximate surface area is 113 Å². The summed E-state index contributed by atoms with van der Waals surface area (Å²) >= 11 is 6.94. The molecule has 2 atom stereocenters. The third kappa shape index (κ3) is 3.85. The molecule has 1 aliphatic heterocycles. The van der Waals surface area contributed by atoms with Crippen LogP contribution in [0.25, 0.3) is 0 Å². The topological polar surface area (TPSA) is 55.1 Å². The zero-order valence-electron chi connectivity index (χ0n) is 10.6. The molecule has 0 saturated carbocycles. The monoisotopic (exact) mass is 274 g/mol. The van der Waals surface area contributed by atoms with E-state index in [4.69, 9.17) is 18.0 Å². The van der Waals surface area contributed by atoms with Crippen molar-refractivity contribution < 1.29 is 4.79 Å². The maximum Gasteiger partial charge on any atom is 0.232 e. The number of amides is 1. The molecule has 1 amide bonds. The van der Waals surface area contributed by atoms with E-state index in [1.54, 1.807) is 0 Å². The van der Waals surface area contributed by atoms with Crippen LogP contribution in [0.15, 0.2) is 0 Å². The van der Waals surface area contributed by atoms with Gasteiger partial charge >= 0.3 is 0 Å². The fraction of sp³-hybridized carbons (Fsp3) is 0.833. The minimum absolute atomic E-state index is 0.0290. The first-order valence-electron chi connectivity index (χ1n) is 6.20. The zero-order valence-corrected chi connectivity index (χ0v) is 12.3. The number of carbonyl (C=O) groups excluding carboxylic acids is 1. The van der Waals surface area contributed by atoms with Gasteiger partial charge in [-0.25, -0.2) is 0 Å². The highest BCUT2D eigenvalue weighted by Gasteiger charge is 2.34. The first-order valence-corrected chi connectivity index (χ1v) is 7.66. The fourth-order valence-corrected chi connectivity index (χ4v) is 3.29. The summed E-state index contributed by atoms with van der Waals surface area (Å²) in [7, 11) is 0. The molecule has 5 heteroatoms. The first kappa shape index (κ1) is 14.8. The zero-order chi connectivity index (χ0) is 12.9. The summed E-state index contributed by atoms with van der Waals surface area (Å²) in [5.41, 5.74) is 4.96. The molecule has 3 N–H and O–H groups in total. The Kier molecular flexibility index (Phi) is 5.73. The third-order valence-electron chi connectivity index (χ3n) is 3.52. The van der Waals surface area contributed by atoms with Gasteiger partial charge in [-0.1, -0.05) is 25.6 Å². The van der Waals surface area contributed by atoms with E-state index in [0.717, 1.165) is 6.54 Å². The van der Waals surface area contributed by atoms with Gasteiger partial charge in [0, 0.05) is 11.8 Å². The summed E-state index contributed by atoms with van der Waals surface area (Å²) in [6, 6.07) is 0. The standard InChI is InChI=1S/C12H22N2OS2/c1-3-12(2,10(13)16)11(15)14-8-9-6-4-5-7-17-9/h9H,3-8H2,1-2H3,(H2,13,16)(H,14,15). The summed E-state index contributed by atoms with van der Waals surface area (Å²) < 4.78 is 0. The average Bonchev–Trinajstić information content (AvgIpc) is 2.35. The van der Waals surface area contributed by atoms with Crippen molar-refractivity contribution in [2.24, 2.45) is 11.1 Å². The molecular weight excluding hydrogens is 252 g/mol. The van der Waals surface area contributed by atoms with Gasteiger partial charge in [-0.3, -0.25) is 4.79 Å². The number of hydrogen-bond donors (Lipinski definition) is 2. The second kappa shape index (κ2) is 6.59. The van der Waals surface area contributed by atoms with Gasteiger partial charge in [0.2, 0.25) is 5.91 Å². The van der Waals surface area contributed by atoms with E-state index in [1.807, 2.05) is 25.6 Å². The van der Waals surface area contributed by atoms with Crippen LogP contribution >= 0.6 is 24.0 Å². The maximum atomic E-state index is 12.1. The van der Waals surface area contributed by atoms with Crippen molar-refractivity contribution in [2.45, 2.75) is 44.8 Å². The second-order valence-electron chi connectivity index (χ2n) is 4.75. The smallest absolute Gasteiger partial charge is 0.232 e. The molecule has 1 saturated heterocycles. The number of carbonyl (C=O) groups is 1. The normalized spacial score (nSPS) is 23.8. The highest BCUT2D eigenvalue weighted by Crippen LogP contribution is 2.25. The molecule has 2 unspecified atom stereocenters. The van der Waals surface area contributed by atoms with Crippen LogP contribution in [0, 0.1) is 5.41 Å². The van der Waals surface area contributed by atoms with Gasteiger partial charge in [-0.05, 0) is 31.9 Å². The van der Waals surface area contributed by atoms with E-state index in [0.29, 0.717) is 11.7 Å². The van der Waals surface area contributed by atoms with E-state index < -0.39 is 5.41 Å². The average molecular weight is 274 g/mol. The van der Waals surface area contributed by atoms with Crippen molar-refractivity contribution in [1.82, 2.24) is 5.32 Å². The molecule has 0 aromatic carbocycles. The van der Waals surface area contributed by atoms with E-state index in [9.17, 15) is 4.79 Å². The second-order valence-corrected chi connectivity index (χ2v) is 6.60. The summed E-state index contributed by atoms with van der Waals surface area (Å²) in [6.07, 6.45) is 4.41. The Morgan fingerprint density at radius 2 is 2.29 bits per heavy atom. The lowest BCUT2D eigenvalue weighted by molar-refractivity contribution is -0.126. The molecule has 0 aromatic heterocycles.